The highest BCUT2D eigenvalue weighted by molar-refractivity contribution is 5.79. The fraction of sp³-hybridized carbons (Fsp3) is 0.824. The Morgan fingerprint density at radius 3 is 2.71 bits per heavy atom. The van der Waals surface area contributed by atoms with E-state index in [1.807, 2.05) is 13.1 Å². The number of ether oxygens (including phenoxy) is 1. The summed E-state index contributed by atoms with van der Waals surface area (Å²) in [6.45, 7) is 6.65. The SMILES string of the molecule is C=CCCCN(C)C(=NC)NCC1(CCOC)CCCC1. The highest BCUT2D eigenvalue weighted by Crippen LogP contribution is 2.40. The normalized spacial score (nSPS) is 17.8. The quantitative estimate of drug-likeness (QED) is 0.307. The van der Waals surface area contributed by atoms with Gasteiger partial charge in [0.15, 0.2) is 5.96 Å². The van der Waals surface area contributed by atoms with Crippen molar-refractivity contribution >= 4 is 5.96 Å². The van der Waals surface area contributed by atoms with Crippen molar-refractivity contribution in [3.8, 4) is 0 Å². The van der Waals surface area contributed by atoms with Crippen molar-refractivity contribution in [2.45, 2.75) is 44.9 Å². The Morgan fingerprint density at radius 2 is 2.14 bits per heavy atom. The Morgan fingerprint density at radius 1 is 1.43 bits per heavy atom. The molecule has 1 aliphatic carbocycles. The fourth-order valence-corrected chi connectivity index (χ4v) is 3.19. The fourth-order valence-electron chi connectivity index (χ4n) is 3.19. The molecule has 1 saturated carbocycles. The third-order valence-corrected chi connectivity index (χ3v) is 4.60. The second kappa shape index (κ2) is 9.82. The van der Waals surface area contributed by atoms with E-state index in [9.17, 15) is 0 Å². The molecule has 122 valence electrons. The van der Waals surface area contributed by atoms with Crippen molar-refractivity contribution < 1.29 is 4.74 Å². The summed E-state index contributed by atoms with van der Waals surface area (Å²) in [5, 5.41) is 3.58. The first-order chi connectivity index (χ1) is 10.2. The van der Waals surface area contributed by atoms with Gasteiger partial charge in [0.2, 0.25) is 0 Å². The molecule has 0 saturated heterocycles. The number of guanidine groups is 1. The molecule has 0 atom stereocenters. The predicted molar refractivity (Wildman–Crippen MR) is 90.8 cm³/mol. The number of nitrogens with one attached hydrogen (secondary N) is 1. The van der Waals surface area contributed by atoms with Crippen LogP contribution in [0.25, 0.3) is 0 Å². The average molecular weight is 295 g/mol. The van der Waals surface area contributed by atoms with E-state index in [1.54, 1.807) is 7.11 Å². The zero-order valence-corrected chi connectivity index (χ0v) is 14.2. The van der Waals surface area contributed by atoms with Crippen LogP contribution in [0.2, 0.25) is 0 Å². The molecule has 4 nitrogen and oxygen atoms in total. The topological polar surface area (TPSA) is 36.9 Å². The van der Waals surface area contributed by atoms with Crippen molar-refractivity contribution in [3.63, 3.8) is 0 Å². The third kappa shape index (κ3) is 6.08. The van der Waals surface area contributed by atoms with E-state index in [-0.39, 0.29) is 0 Å². The van der Waals surface area contributed by atoms with Gasteiger partial charge in [-0.05, 0) is 37.5 Å². The number of hydrogen-bond acceptors (Lipinski definition) is 2. The van der Waals surface area contributed by atoms with E-state index in [0.29, 0.717) is 5.41 Å². The number of nitrogens with zero attached hydrogens (tertiary/aromatic N) is 2. The van der Waals surface area contributed by atoms with Gasteiger partial charge in [-0.3, -0.25) is 4.99 Å². The van der Waals surface area contributed by atoms with Crippen LogP contribution in [0.5, 0.6) is 0 Å². The molecule has 1 rings (SSSR count). The largest absolute Gasteiger partial charge is 0.385 e. The first-order valence-corrected chi connectivity index (χ1v) is 8.19. The number of allylic oxidation sites excluding steroid dienone is 1. The predicted octanol–water partition coefficient (Wildman–Crippen LogP) is 3.06. The minimum Gasteiger partial charge on any atom is -0.385 e. The van der Waals surface area contributed by atoms with Crippen LogP contribution in [0.1, 0.15) is 44.9 Å². The summed E-state index contributed by atoms with van der Waals surface area (Å²) in [6, 6.07) is 0. The van der Waals surface area contributed by atoms with Crippen molar-refractivity contribution in [1.82, 2.24) is 10.2 Å². The Kier molecular flexibility index (Phi) is 8.43. The van der Waals surface area contributed by atoms with Crippen LogP contribution in [0.3, 0.4) is 0 Å². The van der Waals surface area contributed by atoms with Crippen LogP contribution in [0.4, 0.5) is 0 Å². The molecule has 1 aliphatic rings. The number of rotatable bonds is 9. The van der Waals surface area contributed by atoms with Crippen molar-refractivity contribution in [2.75, 3.05) is 40.9 Å². The van der Waals surface area contributed by atoms with Crippen molar-refractivity contribution in [2.24, 2.45) is 10.4 Å². The number of unbranched alkanes of at least 4 members (excludes halogenated alkanes) is 1. The molecule has 0 radical (unpaired) electrons. The van der Waals surface area contributed by atoms with Gasteiger partial charge in [0.05, 0.1) is 0 Å². The zero-order valence-electron chi connectivity index (χ0n) is 14.2. The second-order valence-corrected chi connectivity index (χ2v) is 6.20. The van der Waals surface area contributed by atoms with E-state index in [0.717, 1.165) is 44.9 Å². The molecule has 0 heterocycles. The third-order valence-electron chi connectivity index (χ3n) is 4.60. The lowest BCUT2D eigenvalue weighted by Gasteiger charge is -2.31. The van der Waals surface area contributed by atoms with Gasteiger partial charge in [0.1, 0.15) is 0 Å². The maximum atomic E-state index is 5.30. The van der Waals surface area contributed by atoms with Gasteiger partial charge in [-0.1, -0.05) is 18.9 Å². The Bertz CT molecular complexity index is 322. The highest BCUT2D eigenvalue weighted by Gasteiger charge is 2.33. The summed E-state index contributed by atoms with van der Waals surface area (Å²) >= 11 is 0. The molecule has 4 heteroatoms. The average Bonchev–Trinajstić information content (AvgIpc) is 2.95. The van der Waals surface area contributed by atoms with Gasteiger partial charge in [0.25, 0.3) is 0 Å². The molecule has 1 fully saturated rings. The molecular weight excluding hydrogens is 262 g/mol. The summed E-state index contributed by atoms with van der Waals surface area (Å²) in [5.74, 6) is 1.00. The van der Waals surface area contributed by atoms with Gasteiger partial charge in [-0.15, -0.1) is 6.58 Å². The molecular formula is C17H33N3O. The van der Waals surface area contributed by atoms with Crippen LogP contribution in [-0.2, 0) is 4.74 Å². The van der Waals surface area contributed by atoms with Crippen LogP contribution < -0.4 is 5.32 Å². The van der Waals surface area contributed by atoms with E-state index < -0.39 is 0 Å². The maximum absolute atomic E-state index is 5.30. The van der Waals surface area contributed by atoms with E-state index >= 15 is 0 Å². The molecule has 0 aromatic heterocycles. The Balaban J connectivity index is 2.46. The lowest BCUT2D eigenvalue weighted by atomic mass is 9.83. The maximum Gasteiger partial charge on any atom is 0.193 e. The first-order valence-electron chi connectivity index (χ1n) is 8.19. The zero-order chi connectivity index (χ0) is 15.6. The second-order valence-electron chi connectivity index (χ2n) is 6.20. The van der Waals surface area contributed by atoms with E-state index in [4.69, 9.17) is 4.74 Å². The van der Waals surface area contributed by atoms with Crippen LogP contribution in [-0.4, -0.2) is 51.8 Å². The summed E-state index contributed by atoms with van der Waals surface area (Å²) in [5.41, 5.74) is 0.397. The summed E-state index contributed by atoms with van der Waals surface area (Å²) in [4.78, 5) is 6.62. The molecule has 0 amide bonds. The standard InChI is InChI=1S/C17H33N3O/c1-5-6-9-13-20(3)16(18-2)19-15-17(12-14-21-4)10-7-8-11-17/h5H,1,6-15H2,2-4H3,(H,18,19). The molecule has 0 unspecified atom stereocenters. The van der Waals surface area contributed by atoms with Gasteiger partial charge >= 0.3 is 0 Å². The molecule has 0 aromatic rings. The number of hydrogen-bond donors (Lipinski definition) is 1. The molecule has 0 aliphatic heterocycles. The Labute approximate surface area is 130 Å². The summed E-state index contributed by atoms with van der Waals surface area (Å²) in [7, 11) is 5.76. The minimum absolute atomic E-state index is 0.397. The van der Waals surface area contributed by atoms with E-state index in [1.165, 1.54) is 25.7 Å². The van der Waals surface area contributed by atoms with Crippen molar-refractivity contribution in [1.29, 1.82) is 0 Å². The number of aliphatic imine (C=N–C) groups is 1. The monoisotopic (exact) mass is 295 g/mol. The molecule has 1 N–H and O–H groups in total. The first kappa shape index (κ1) is 18.0. The van der Waals surface area contributed by atoms with Gasteiger partial charge < -0.3 is 15.0 Å². The lowest BCUT2D eigenvalue weighted by Crippen LogP contribution is -2.44. The van der Waals surface area contributed by atoms with Gasteiger partial charge in [0, 0.05) is 40.9 Å². The highest BCUT2D eigenvalue weighted by atomic mass is 16.5. The van der Waals surface area contributed by atoms with Gasteiger partial charge in [-0.25, -0.2) is 0 Å². The summed E-state index contributed by atoms with van der Waals surface area (Å²) < 4.78 is 5.30. The van der Waals surface area contributed by atoms with Crippen LogP contribution in [0.15, 0.2) is 17.6 Å². The molecule has 0 bridgehead atoms. The molecule has 21 heavy (non-hydrogen) atoms. The molecule has 0 aromatic carbocycles. The summed E-state index contributed by atoms with van der Waals surface area (Å²) in [6.07, 6.45) is 10.6. The van der Waals surface area contributed by atoms with Crippen LogP contribution in [0, 0.1) is 5.41 Å². The lowest BCUT2D eigenvalue weighted by molar-refractivity contribution is 0.138. The van der Waals surface area contributed by atoms with E-state index in [2.05, 4.69) is 28.8 Å². The molecule has 0 spiro atoms. The number of methoxy groups -OCH3 is 1. The smallest absolute Gasteiger partial charge is 0.193 e. The van der Waals surface area contributed by atoms with Gasteiger partial charge in [-0.2, -0.15) is 0 Å². The Hall–Kier alpha value is -1.03. The minimum atomic E-state index is 0.397. The van der Waals surface area contributed by atoms with Crippen LogP contribution >= 0.6 is 0 Å². The van der Waals surface area contributed by atoms with Crippen molar-refractivity contribution in [3.05, 3.63) is 12.7 Å².